The Bertz CT molecular complexity index is 1240. The molecule has 3 heterocycles. The first kappa shape index (κ1) is 19.1. The molecule has 2 atom stereocenters. The third-order valence-corrected chi connectivity index (χ3v) is 5.75. The van der Waals surface area contributed by atoms with Gasteiger partial charge in [0.2, 0.25) is 0 Å². The fraction of sp³-hybridized carbons (Fsp3) is 0.333. The van der Waals surface area contributed by atoms with Crippen LogP contribution in [-0.4, -0.2) is 45.2 Å². The fourth-order valence-electron chi connectivity index (χ4n) is 4.32. The molecule has 0 unspecified atom stereocenters. The Hall–Kier alpha value is -2.84. The quantitative estimate of drug-likeness (QED) is 0.457. The molecule has 9 heteroatoms. The van der Waals surface area contributed by atoms with Crippen LogP contribution in [0.3, 0.4) is 0 Å². The van der Waals surface area contributed by atoms with E-state index < -0.39 is 0 Å². The maximum Gasteiger partial charge on any atom is 0.163 e. The minimum absolute atomic E-state index is 0.314. The zero-order chi connectivity index (χ0) is 21.0. The van der Waals surface area contributed by atoms with Crippen LogP contribution in [0.4, 0.5) is 21.6 Å². The van der Waals surface area contributed by atoms with Crippen LogP contribution >= 0.6 is 11.6 Å². The van der Waals surface area contributed by atoms with Crippen LogP contribution in [0.15, 0.2) is 30.5 Å². The molecule has 7 nitrogen and oxygen atoms in total. The van der Waals surface area contributed by atoms with Gasteiger partial charge in [0.1, 0.15) is 11.3 Å². The first-order chi connectivity index (χ1) is 14.4. The molecule has 2 aromatic heterocycles. The molecule has 1 aliphatic heterocycles. The number of H-pyrrole nitrogens is 1. The van der Waals surface area contributed by atoms with Gasteiger partial charge in [-0.15, -0.1) is 0 Å². The van der Waals surface area contributed by atoms with E-state index in [9.17, 15) is 0 Å². The lowest BCUT2D eigenvalue weighted by atomic mass is 10.1. The third kappa shape index (κ3) is 3.36. The number of hydrogen-bond acceptors (Lipinski definition) is 5. The molecule has 4 aromatic rings. The number of nitrogens with zero attached hydrogens (tertiary/aromatic N) is 4. The zero-order valence-electron chi connectivity index (χ0n) is 17.0. The van der Waals surface area contributed by atoms with Crippen molar-refractivity contribution in [3.8, 4) is 0 Å². The highest BCUT2D eigenvalue weighted by Gasteiger charge is 2.23. The molecule has 1 saturated heterocycles. The number of fused-ring (bicyclic) bond motifs is 2. The zero-order valence-corrected chi connectivity index (χ0v) is 17.8. The Labute approximate surface area is 178 Å². The topological polar surface area (TPSA) is 73.8 Å². The minimum atomic E-state index is -0.314. The summed E-state index contributed by atoms with van der Waals surface area (Å²) in [4.78, 5) is 2.21. The second-order valence-corrected chi connectivity index (χ2v) is 8.53. The standard InChI is InChI=1S/C21H23ClFN7/c1-11-8-30(9-12(2)24-11)15-6-17(23)19-18(7-15)26-27-21(19)25-14-4-13-10-29(3)28-20(13)16(22)5-14/h4-7,10-12,24H,8-9H2,1-3H3,(H2,25,26,27)/t11-,12-/m0/s1. The predicted molar refractivity (Wildman–Crippen MR) is 119 cm³/mol. The molecule has 1 aliphatic rings. The molecule has 0 radical (unpaired) electrons. The van der Waals surface area contributed by atoms with Gasteiger partial charge in [-0.2, -0.15) is 10.2 Å². The average molecular weight is 428 g/mol. The van der Waals surface area contributed by atoms with E-state index in [4.69, 9.17) is 11.6 Å². The van der Waals surface area contributed by atoms with Crippen molar-refractivity contribution >= 4 is 50.6 Å². The second-order valence-electron chi connectivity index (χ2n) is 8.12. The van der Waals surface area contributed by atoms with Crippen molar-refractivity contribution in [1.29, 1.82) is 0 Å². The van der Waals surface area contributed by atoms with Crippen molar-refractivity contribution in [1.82, 2.24) is 25.3 Å². The summed E-state index contributed by atoms with van der Waals surface area (Å²) in [6.07, 6.45) is 1.89. The molecular weight excluding hydrogens is 405 g/mol. The van der Waals surface area contributed by atoms with Crippen molar-refractivity contribution < 1.29 is 4.39 Å². The number of hydrogen-bond donors (Lipinski definition) is 3. The van der Waals surface area contributed by atoms with Gasteiger partial charge in [-0.3, -0.25) is 9.78 Å². The SMILES string of the molecule is C[C@H]1CN(c2cc(F)c3c(Nc4cc(Cl)c5nn(C)cc5c4)n[nH]c3c2)C[C@H](C)N1. The molecule has 5 rings (SSSR count). The van der Waals surface area contributed by atoms with Crippen molar-refractivity contribution in [2.75, 3.05) is 23.3 Å². The lowest BCUT2D eigenvalue weighted by Gasteiger charge is -2.37. The Morgan fingerprint density at radius 3 is 2.70 bits per heavy atom. The van der Waals surface area contributed by atoms with Crippen molar-refractivity contribution in [3.63, 3.8) is 0 Å². The summed E-state index contributed by atoms with van der Waals surface area (Å²) >= 11 is 6.37. The normalized spacial score (nSPS) is 19.7. The molecule has 1 fully saturated rings. The van der Waals surface area contributed by atoms with E-state index in [0.29, 0.717) is 33.8 Å². The van der Waals surface area contributed by atoms with Gasteiger partial charge >= 0.3 is 0 Å². The highest BCUT2D eigenvalue weighted by atomic mass is 35.5. The second kappa shape index (κ2) is 7.14. The van der Waals surface area contributed by atoms with Gasteiger partial charge in [-0.05, 0) is 38.1 Å². The van der Waals surface area contributed by atoms with Crippen molar-refractivity contribution in [3.05, 3.63) is 41.3 Å². The van der Waals surface area contributed by atoms with E-state index in [1.807, 2.05) is 25.4 Å². The molecule has 0 bridgehead atoms. The van der Waals surface area contributed by atoms with Gasteiger partial charge in [0.05, 0.1) is 15.9 Å². The number of anilines is 3. The summed E-state index contributed by atoms with van der Waals surface area (Å²) < 4.78 is 16.9. The molecule has 0 amide bonds. The van der Waals surface area contributed by atoms with E-state index in [-0.39, 0.29) is 5.82 Å². The smallest absolute Gasteiger partial charge is 0.163 e. The van der Waals surface area contributed by atoms with Crippen LogP contribution in [-0.2, 0) is 7.05 Å². The molecule has 0 spiro atoms. The number of halogens is 2. The summed E-state index contributed by atoms with van der Waals surface area (Å²) in [5.74, 6) is 0.113. The van der Waals surface area contributed by atoms with Crippen LogP contribution in [0.2, 0.25) is 5.02 Å². The largest absolute Gasteiger partial charge is 0.368 e. The molecule has 156 valence electrons. The van der Waals surface area contributed by atoms with Gasteiger partial charge < -0.3 is 15.5 Å². The highest BCUT2D eigenvalue weighted by Crippen LogP contribution is 2.33. The lowest BCUT2D eigenvalue weighted by Crippen LogP contribution is -2.54. The summed E-state index contributed by atoms with van der Waals surface area (Å²) in [5.41, 5.74) is 2.96. The van der Waals surface area contributed by atoms with E-state index in [1.165, 1.54) is 0 Å². The highest BCUT2D eigenvalue weighted by molar-refractivity contribution is 6.35. The molecule has 3 N–H and O–H groups in total. The lowest BCUT2D eigenvalue weighted by molar-refractivity contribution is 0.407. The van der Waals surface area contributed by atoms with Crippen LogP contribution in [0.1, 0.15) is 13.8 Å². The maximum absolute atomic E-state index is 15.1. The van der Waals surface area contributed by atoms with E-state index >= 15 is 4.39 Å². The molecule has 0 aliphatic carbocycles. The summed E-state index contributed by atoms with van der Waals surface area (Å²) in [6.45, 7) is 5.94. The van der Waals surface area contributed by atoms with Gasteiger partial charge in [0.15, 0.2) is 5.82 Å². The molecule has 2 aromatic carbocycles. The first-order valence-corrected chi connectivity index (χ1v) is 10.3. The number of aromatic amines is 1. The number of aryl methyl sites for hydroxylation is 1. The number of aromatic nitrogens is 4. The number of benzene rings is 2. The number of piperazine rings is 1. The van der Waals surface area contributed by atoms with Crippen LogP contribution in [0.5, 0.6) is 0 Å². The predicted octanol–water partition coefficient (Wildman–Crippen LogP) is 4.17. The van der Waals surface area contributed by atoms with Crippen molar-refractivity contribution in [2.45, 2.75) is 25.9 Å². The van der Waals surface area contributed by atoms with Gasteiger partial charge in [-0.25, -0.2) is 4.39 Å². The Morgan fingerprint density at radius 1 is 1.17 bits per heavy atom. The van der Waals surface area contributed by atoms with E-state index in [1.54, 1.807) is 16.8 Å². The molecule has 0 saturated carbocycles. The van der Waals surface area contributed by atoms with Crippen LogP contribution < -0.4 is 15.5 Å². The summed E-state index contributed by atoms with van der Waals surface area (Å²) in [6, 6.07) is 7.93. The molecular formula is C21H23ClFN7. The number of nitrogens with one attached hydrogen (secondary N) is 3. The fourth-order valence-corrected chi connectivity index (χ4v) is 4.59. The van der Waals surface area contributed by atoms with Crippen molar-refractivity contribution in [2.24, 2.45) is 7.05 Å². The van der Waals surface area contributed by atoms with Gasteiger partial charge in [0, 0.05) is 55.2 Å². The Morgan fingerprint density at radius 2 is 1.93 bits per heavy atom. The van der Waals surface area contributed by atoms with Crippen LogP contribution in [0.25, 0.3) is 21.8 Å². The third-order valence-electron chi connectivity index (χ3n) is 5.46. The first-order valence-electron chi connectivity index (χ1n) is 9.96. The monoisotopic (exact) mass is 427 g/mol. The molecule has 30 heavy (non-hydrogen) atoms. The van der Waals surface area contributed by atoms with E-state index in [0.717, 1.165) is 35.4 Å². The Balaban J connectivity index is 1.49. The summed E-state index contributed by atoms with van der Waals surface area (Å²) in [5, 5.41) is 20.2. The average Bonchev–Trinajstić information content (AvgIpc) is 3.24. The minimum Gasteiger partial charge on any atom is -0.368 e. The summed E-state index contributed by atoms with van der Waals surface area (Å²) in [7, 11) is 1.84. The van der Waals surface area contributed by atoms with Gasteiger partial charge in [-0.1, -0.05) is 11.6 Å². The van der Waals surface area contributed by atoms with Gasteiger partial charge in [0.25, 0.3) is 0 Å². The maximum atomic E-state index is 15.1. The number of rotatable bonds is 3. The van der Waals surface area contributed by atoms with E-state index in [2.05, 4.69) is 44.7 Å². The Kier molecular flexibility index (Phi) is 4.56. The van der Waals surface area contributed by atoms with Crippen LogP contribution in [0, 0.1) is 5.82 Å².